The van der Waals surface area contributed by atoms with Crippen molar-refractivity contribution >= 4 is 29.3 Å². The third-order valence-electron chi connectivity index (χ3n) is 3.63. The molecular weight excluding hydrogens is 364 g/mol. The van der Waals surface area contributed by atoms with Crippen LogP contribution in [0.2, 0.25) is 0 Å². The van der Waals surface area contributed by atoms with Gasteiger partial charge in [-0.15, -0.1) is 10.2 Å². The maximum absolute atomic E-state index is 12.0. The minimum absolute atomic E-state index is 0.122. The summed E-state index contributed by atoms with van der Waals surface area (Å²) in [5.41, 5.74) is 2.32. The molecule has 0 fully saturated rings. The van der Waals surface area contributed by atoms with Crippen LogP contribution in [0.15, 0.2) is 64.2 Å². The van der Waals surface area contributed by atoms with Gasteiger partial charge in [0.15, 0.2) is 0 Å². The normalized spacial score (nSPS) is 10.4. The Hall–Kier alpha value is -3.13. The van der Waals surface area contributed by atoms with Crippen LogP contribution in [-0.4, -0.2) is 27.8 Å². The second-order valence-corrected chi connectivity index (χ2v) is 6.59. The van der Waals surface area contributed by atoms with E-state index >= 15 is 0 Å². The number of rotatable bonds is 7. The van der Waals surface area contributed by atoms with E-state index in [1.54, 1.807) is 24.3 Å². The van der Waals surface area contributed by atoms with Gasteiger partial charge >= 0.3 is 0 Å². The highest BCUT2D eigenvalue weighted by Gasteiger charge is 2.12. The highest BCUT2D eigenvalue weighted by molar-refractivity contribution is 7.99. The lowest BCUT2D eigenvalue weighted by Gasteiger charge is -2.06. The molecule has 3 rings (SSSR count). The number of nitrogens with one attached hydrogen (secondary N) is 2. The first-order chi connectivity index (χ1) is 13.1. The molecule has 1 heterocycles. The summed E-state index contributed by atoms with van der Waals surface area (Å²) >= 11 is 1.14. The molecule has 0 aliphatic rings. The van der Waals surface area contributed by atoms with Crippen LogP contribution >= 0.6 is 11.8 Å². The van der Waals surface area contributed by atoms with Gasteiger partial charge in [-0.25, -0.2) is 0 Å². The van der Waals surface area contributed by atoms with E-state index in [1.807, 2.05) is 37.3 Å². The van der Waals surface area contributed by atoms with E-state index in [9.17, 15) is 9.59 Å². The van der Waals surface area contributed by atoms with Crippen LogP contribution in [0.4, 0.5) is 5.69 Å². The van der Waals surface area contributed by atoms with E-state index < -0.39 is 0 Å². The molecule has 3 aromatic rings. The molecule has 0 spiro atoms. The van der Waals surface area contributed by atoms with Crippen molar-refractivity contribution in [1.82, 2.24) is 15.5 Å². The van der Waals surface area contributed by atoms with E-state index in [4.69, 9.17) is 4.42 Å². The Balaban J connectivity index is 1.46. The van der Waals surface area contributed by atoms with Crippen molar-refractivity contribution in [3.8, 4) is 0 Å². The van der Waals surface area contributed by atoms with E-state index in [2.05, 4.69) is 20.8 Å². The quantitative estimate of drug-likeness (QED) is 0.610. The molecule has 0 aliphatic carbocycles. The van der Waals surface area contributed by atoms with Crippen molar-refractivity contribution in [2.75, 3.05) is 11.1 Å². The lowest BCUT2D eigenvalue weighted by atomic mass is 10.2. The Kier molecular flexibility index (Phi) is 6.22. The maximum Gasteiger partial charge on any atom is 0.277 e. The molecule has 0 saturated carbocycles. The number of aryl methyl sites for hydroxylation is 1. The molecule has 0 unspecified atom stereocenters. The van der Waals surface area contributed by atoms with E-state index in [0.29, 0.717) is 5.56 Å². The zero-order valence-electron chi connectivity index (χ0n) is 14.6. The lowest BCUT2D eigenvalue weighted by molar-refractivity contribution is -0.113. The summed E-state index contributed by atoms with van der Waals surface area (Å²) in [4.78, 5) is 24.0. The fourth-order valence-electron chi connectivity index (χ4n) is 2.24. The standard InChI is InChI=1S/C19H18N4O3S/c1-13-7-5-6-10-15(13)21-16(24)12-27-19-23-22-17(26-19)11-20-18(25)14-8-3-2-4-9-14/h2-10H,11-12H2,1H3,(H,20,25)(H,21,24). The van der Waals surface area contributed by atoms with E-state index in [1.165, 1.54) is 0 Å². The Morgan fingerprint density at radius 2 is 1.78 bits per heavy atom. The first-order valence-electron chi connectivity index (χ1n) is 8.26. The molecular formula is C19H18N4O3S. The number of amides is 2. The number of aromatic nitrogens is 2. The van der Waals surface area contributed by atoms with Crippen molar-refractivity contribution in [1.29, 1.82) is 0 Å². The third kappa shape index (κ3) is 5.42. The monoisotopic (exact) mass is 382 g/mol. The topological polar surface area (TPSA) is 97.1 Å². The van der Waals surface area contributed by atoms with Crippen LogP contribution in [0, 0.1) is 6.92 Å². The summed E-state index contributed by atoms with van der Waals surface area (Å²) < 4.78 is 5.44. The van der Waals surface area contributed by atoms with Crippen LogP contribution in [0.3, 0.4) is 0 Å². The summed E-state index contributed by atoms with van der Waals surface area (Å²) in [7, 11) is 0. The summed E-state index contributed by atoms with van der Waals surface area (Å²) in [6.45, 7) is 2.05. The number of carbonyl (C=O) groups excluding carboxylic acids is 2. The van der Waals surface area contributed by atoms with Crippen molar-refractivity contribution < 1.29 is 14.0 Å². The molecule has 0 saturated heterocycles. The predicted octanol–water partition coefficient (Wildman–Crippen LogP) is 3.04. The number of carbonyl (C=O) groups is 2. The Labute approximate surface area is 160 Å². The number of para-hydroxylation sites is 1. The summed E-state index contributed by atoms with van der Waals surface area (Å²) in [5.74, 6) is 0.0416. The van der Waals surface area contributed by atoms with Gasteiger partial charge in [0.05, 0.1) is 12.3 Å². The van der Waals surface area contributed by atoms with Gasteiger partial charge in [-0.1, -0.05) is 48.2 Å². The van der Waals surface area contributed by atoms with Gasteiger partial charge in [0.1, 0.15) is 0 Å². The smallest absolute Gasteiger partial charge is 0.277 e. The van der Waals surface area contributed by atoms with Crippen molar-refractivity contribution in [2.45, 2.75) is 18.7 Å². The SMILES string of the molecule is Cc1ccccc1NC(=O)CSc1nnc(CNC(=O)c2ccccc2)o1. The number of hydrogen-bond donors (Lipinski definition) is 2. The molecule has 8 heteroatoms. The Bertz CT molecular complexity index is 927. The number of benzene rings is 2. The Morgan fingerprint density at radius 3 is 2.56 bits per heavy atom. The highest BCUT2D eigenvalue weighted by atomic mass is 32.2. The van der Waals surface area contributed by atoms with Crippen LogP contribution in [0.5, 0.6) is 0 Å². The Morgan fingerprint density at radius 1 is 1.04 bits per heavy atom. The minimum atomic E-state index is -0.222. The molecule has 0 radical (unpaired) electrons. The van der Waals surface area contributed by atoms with Crippen LogP contribution in [-0.2, 0) is 11.3 Å². The molecule has 0 atom stereocenters. The van der Waals surface area contributed by atoms with Gasteiger partial charge in [0.25, 0.3) is 11.1 Å². The third-order valence-corrected chi connectivity index (χ3v) is 4.45. The van der Waals surface area contributed by atoms with Gasteiger partial charge in [0.2, 0.25) is 11.8 Å². The van der Waals surface area contributed by atoms with Crippen molar-refractivity contribution in [3.05, 3.63) is 71.6 Å². The summed E-state index contributed by atoms with van der Waals surface area (Å²) in [6.07, 6.45) is 0. The number of hydrogen-bond acceptors (Lipinski definition) is 6. The molecule has 2 aromatic carbocycles. The molecule has 0 bridgehead atoms. The van der Waals surface area contributed by atoms with Gasteiger partial charge in [-0.2, -0.15) is 0 Å². The summed E-state index contributed by atoms with van der Waals surface area (Å²) in [5, 5.41) is 13.6. The first-order valence-corrected chi connectivity index (χ1v) is 9.24. The van der Waals surface area contributed by atoms with Crippen molar-refractivity contribution in [3.63, 3.8) is 0 Å². The lowest BCUT2D eigenvalue weighted by Crippen LogP contribution is -2.22. The molecule has 1 aromatic heterocycles. The van der Waals surface area contributed by atoms with Gasteiger partial charge in [-0.3, -0.25) is 9.59 Å². The zero-order valence-corrected chi connectivity index (χ0v) is 15.5. The fraction of sp³-hybridized carbons (Fsp3) is 0.158. The van der Waals surface area contributed by atoms with Gasteiger partial charge < -0.3 is 15.1 Å². The molecule has 2 amide bonds. The summed E-state index contributed by atoms with van der Waals surface area (Å²) in [6, 6.07) is 16.4. The van der Waals surface area contributed by atoms with Crippen molar-refractivity contribution in [2.24, 2.45) is 0 Å². The fourth-order valence-corrected chi connectivity index (χ4v) is 2.82. The average molecular weight is 382 g/mol. The minimum Gasteiger partial charge on any atom is -0.414 e. The molecule has 27 heavy (non-hydrogen) atoms. The second kappa shape index (κ2) is 9.00. The van der Waals surface area contributed by atoms with Crippen LogP contribution in [0.25, 0.3) is 0 Å². The number of anilines is 1. The van der Waals surface area contributed by atoms with Crippen LogP contribution < -0.4 is 10.6 Å². The van der Waals surface area contributed by atoms with Crippen LogP contribution in [0.1, 0.15) is 21.8 Å². The molecule has 138 valence electrons. The van der Waals surface area contributed by atoms with Gasteiger partial charge in [0, 0.05) is 11.3 Å². The van der Waals surface area contributed by atoms with E-state index in [-0.39, 0.29) is 35.2 Å². The molecule has 7 nitrogen and oxygen atoms in total. The van der Waals surface area contributed by atoms with E-state index in [0.717, 1.165) is 23.0 Å². The zero-order chi connectivity index (χ0) is 19.1. The van der Waals surface area contributed by atoms with Gasteiger partial charge in [-0.05, 0) is 30.7 Å². The molecule has 2 N–H and O–H groups in total. The highest BCUT2D eigenvalue weighted by Crippen LogP contribution is 2.18. The average Bonchev–Trinajstić information content (AvgIpc) is 3.15. The number of nitrogens with zero attached hydrogens (tertiary/aromatic N) is 2. The predicted molar refractivity (Wildman–Crippen MR) is 102 cm³/mol. The number of thioether (sulfide) groups is 1. The maximum atomic E-state index is 12.0. The second-order valence-electron chi connectivity index (χ2n) is 5.66. The largest absolute Gasteiger partial charge is 0.414 e. The molecule has 0 aliphatic heterocycles. The first kappa shape index (κ1) is 18.7.